The lowest BCUT2D eigenvalue weighted by atomic mass is 10.2. The monoisotopic (exact) mass is 328 g/mol. The van der Waals surface area contributed by atoms with Gasteiger partial charge in [-0.3, -0.25) is 9.63 Å². The number of aromatic nitrogens is 2. The molecule has 0 bridgehead atoms. The minimum absolute atomic E-state index is 0.0691. The first kappa shape index (κ1) is 16.7. The van der Waals surface area contributed by atoms with Crippen molar-refractivity contribution in [2.75, 3.05) is 26.2 Å². The predicted molar refractivity (Wildman–Crippen MR) is 91.7 cm³/mol. The van der Waals surface area contributed by atoms with Gasteiger partial charge in [0.1, 0.15) is 0 Å². The van der Waals surface area contributed by atoms with E-state index in [9.17, 15) is 4.79 Å². The Morgan fingerprint density at radius 3 is 2.92 bits per heavy atom. The number of hydrogen-bond donors (Lipinski definition) is 1. The van der Waals surface area contributed by atoms with Crippen LogP contribution in [0.4, 0.5) is 0 Å². The van der Waals surface area contributed by atoms with Crippen molar-refractivity contribution in [3.63, 3.8) is 0 Å². The van der Waals surface area contributed by atoms with E-state index in [2.05, 4.69) is 10.4 Å². The van der Waals surface area contributed by atoms with Gasteiger partial charge in [-0.25, -0.2) is 4.68 Å². The molecule has 0 saturated carbocycles. The van der Waals surface area contributed by atoms with Gasteiger partial charge < -0.3 is 5.32 Å². The molecule has 1 aromatic heterocycles. The van der Waals surface area contributed by atoms with Crippen LogP contribution in [0.25, 0.3) is 5.69 Å². The second kappa shape index (κ2) is 8.61. The standard InChI is InChI=1S/C18H24N4O2/c23-18(9-12-21-11-4-5-13-24-21)19-10-8-16-14-20-22(15-16)17-6-2-1-3-7-17/h1-3,6-7,14-15H,4-5,8-13H2,(H,19,23). The van der Waals surface area contributed by atoms with Crippen LogP contribution < -0.4 is 5.32 Å². The summed E-state index contributed by atoms with van der Waals surface area (Å²) in [5, 5.41) is 9.22. The Morgan fingerprint density at radius 2 is 2.12 bits per heavy atom. The van der Waals surface area contributed by atoms with Crippen LogP contribution in [0, 0.1) is 0 Å². The van der Waals surface area contributed by atoms with Crippen LogP contribution in [-0.2, 0) is 16.1 Å². The van der Waals surface area contributed by atoms with Crippen LogP contribution in [0.3, 0.4) is 0 Å². The van der Waals surface area contributed by atoms with Gasteiger partial charge in [-0.1, -0.05) is 18.2 Å². The van der Waals surface area contributed by atoms with Gasteiger partial charge in [-0.2, -0.15) is 10.2 Å². The summed E-state index contributed by atoms with van der Waals surface area (Å²) < 4.78 is 1.85. The number of amides is 1. The molecule has 1 aromatic carbocycles. The molecular weight excluding hydrogens is 304 g/mol. The van der Waals surface area contributed by atoms with Gasteiger partial charge in [0.15, 0.2) is 0 Å². The van der Waals surface area contributed by atoms with E-state index in [4.69, 9.17) is 4.84 Å². The Hall–Kier alpha value is -2.18. The van der Waals surface area contributed by atoms with Gasteiger partial charge >= 0.3 is 0 Å². The van der Waals surface area contributed by atoms with Gasteiger partial charge in [-0.15, -0.1) is 0 Å². The summed E-state index contributed by atoms with van der Waals surface area (Å²) in [7, 11) is 0. The quantitative estimate of drug-likeness (QED) is 0.844. The maximum atomic E-state index is 11.9. The molecule has 0 radical (unpaired) electrons. The fourth-order valence-electron chi connectivity index (χ4n) is 2.70. The number of carbonyl (C=O) groups excluding carboxylic acids is 1. The topological polar surface area (TPSA) is 59.4 Å². The van der Waals surface area contributed by atoms with Crippen LogP contribution in [0.5, 0.6) is 0 Å². The van der Waals surface area contributed by atoms with E-state index in [-0.39, 0.29) is 5.91 Å². The molecule has 1 amide bonds. The highest BCUT2D eigenvalue weighted by atomic mass is 16.7. The van der Waals surface area contributed by atoms with Crippen molar-refractivity contribution in [1.82, 2.24) is 20.2 Å². The third-order valence-electron chi connectivity index (χ3n) is 4.06. The highest BCUT2D eigenvalue weighted by molar-refractivity contribution is 5.76. The number of rotatable bonds is 7. The van der Waals surface area contributed by atoms with Crippen LogP contribution >= 0.6 is 0 Å². The average Bonchev–Trinajstić information content (AvgIpc) is 3.11. The van der Waals surface area contributed by atoms with Crippen molar-refractivity contribution >= 4 is 5.91 Å². The van der Waals surface area contributed by atoms with Gasteiger partial charge in [0.25, 0.3) is 0 Å². The van der Waals surface area contributed by atoms with Gasteiger partial charge in [0.05, 0.1) is 18.5 Å². The lowest BCUT2D eigenvalue weighted by molar-refractivity contribution is -0.181. The normalized spacial score (nSPS) is 15.3. The van der Waals surface area contributed by atoms with E-state index in [1.165, 1.54) is 0 Å². The minimum Gasteiger partial charge on any atom is -0.356 e. The predicted octanol–water partition coefficient (Wildman–Crippen LogP) is 1.95. The van der Waals surface area contributed by atoms with Crippen molar-refractivity contribution in [3.8, 4) is 5.69 Å². The first-order chi connectivity index (χ1) is 11.8. The molecule has 0 aliphatic carbocycles. The van der Waals surface area contributed by atoms with Crippen molar-refractivity contribution in [2.24, 2.45) is 0 Å². The van der Waals surface area contributed by atoms with Gasteiger partial charge in [0.2, 0.25) is 5.91 Å². The van der Waals surface area contributed by atoms with E-state index in [1.807, 2.05) is 52.5 Å². The smallest absolute Gasteiger partial charge is 0.221 e. The third kappa shape index (κ3) is 4.91. The summed E-state index contributed by atoms with van der Waals surface area (Å²) >= 11 is 0. The fourth-order valence-corrected chi connectivity index (χ4v) is 2.70. The molecule has 24 heavy (non-hydrogen) atoms. The van der Waals surface area contributed by atoms with Crippen LogP contribution in [0.15, 0.2) is 42.7 Å². The lowest BCUT2D eigenvalue weighted by Crippen LogP contribution is -2.34. The molecule has 1 fully saturated rings. The molecule has 0 unspecified atom stereocenters. The van der Waals surface area contributed by atoms with Crippen LogP contribution in [0.2, 0.25) is 0 Å². The summed E-state index contributed by atoms with van der Waals surface area (Å²) in [5.74, 6) is 0.0691. The molecule has 1 aliphatic heterocycles. The Balaban J connectivity index is 1.37. The zero-order valence-corrected chi connectivity index (χ0v) is 13.9. The highest BCUT2D eigenvalue weighted by Crippen LogP contribution is 2.08. The molecule has 1 N–H and O–H groups in total. The second-order valence-corrected chi connectivity index (χ2v) is 5.95. The number of nitrogens with zero attached hydrogens (tertiary/aromatic N) is 3. The number of para-hydroxylation sites is 1. The minimum atomic E-state index is 0.0691. The molecule has 6 nitrogen and oxygen atoms in total. The molecule has 1 saturated heterocycles. The van der Waals surface area contributed by atoms with E-state index < -0.39 is 0 Å². The number of hydroxylamine groups is 2. The number of benzene rings is 1. The molecule has 3 rings (SSSR count). The first-order valence-electron chi connectivity index (χ1n) is 8.55. The highest BCUT2D eigenvalue weighted by Gasteiger charge is 2.12. The molecule has 0 spiro atoms. The number of carbonyl (C=O) groups is 1. The largest absolute Gasteiger partial charge is 0.356 e. The van der Waals surface area contributed by atoms with Crippen LogP contribution in [-0.4, -0.2) is 47.0 Å². The van der Waals surface area contributed by atoms with E-state index in [0.717, 1.165) is 43.7 Å². The van der Waals surface area contributed by atoms with Gasteiger partial charge in [0, 0.05) is 32.3 Å². The summed E-state index contributed by atoms with van der Waals surface area (Å²) in [5.41, 5.74) is 2.15. The molecular formula is C18H24N4O2. The van der Waals surface area contributed by atoms with Crippen molar-refractivity contribution in [2.45, 2.75) is 25.7 Å². The molecule has 2 aromatic rings. The maximum Gasteiger partial charge on any atom is 0.221 e. The Kier molecular flexibility index (Phi) is 5.98. The Morgan fingerprint density at radius 1 is 1.25 bits per heavy atom. The van der Waals surface area contributed by atoms with Crippen molar-refractivity contribution in [3.05, 3.63) is 48.3 Å². The van der Waals surface area contributed by atoms with E-state index in [0.29, 0.717) is 19.5 Å². The molecule has 1 aliphatic rings. The summed E-state index contributed by atoms with van der Waals surface area (Å²) in [6, 6.07) is 9.99. The molecule has 128 valence electrons. The lowest BCUT2D eigenvalue weighted by Gasteiger charge is -2.25. The first-order valence-corrected chi connectivity index (χ1v) is 8.55. The number of hydrogen-bond acceptors (Lipinski definition) is 4. The summed E-state index contributed by atoms with van der Waals surface area (Å²) in [6.45, 7) is 2.98. The zero-order chi connectivity index (χ0) is 16.6. The van der Waals surface area contributed by atoms with E-state index in [1.54, 1.807) is 0 Å². The Bertz CT molecular complexity index is 635. The zero-order valence-electron chi connectivity index (χ0n) is 13.9. The SMILES string of the molecule is O=C(CCN1CCCCO1)NCCc1cnn(-c2ccccc2)c1. The van der Waals surface area contributed by atoms with Crippen molar-refractivity contribution in [1.29, 1.82) is 0 Å². The fraction of sp³-hybridized carbons (Fsp3) is 0.444. The third-order valence-corrected chi connectivity index (χ3v) is 4.06. The molecule has 6 heteroatoms. The summed E-state index contributed by atoms with van der Waals surface area (Å²) in [4.78, 5) is 17.4. The summed E-state index contributed by atoms with van der Waals surface area (Å²) in [6.07, 6.45) is 7.36. The van der Waals surface area contributed by atoms with Crippen LogP contribution in [0.1, 0.15) is 24.8 Å². The molecule has 0 atom stereocenters. The van der Waals surface area contributed by atoms with Gasteiger partial charge in [-0.05, 0) is 37.0 Å². The average molecular weight is 328 g/mol. The van der Waals surface area contributed by atoms with Crippen molar-refractivity contribution < 1.29 is 9.63 Å². The number of nitrogens with one attached hydrogen (secondary N) is 1. The van der Waals surface area contributed by atoms with E-state index >= 15 is 0 Å². The Labute approximate surface area is 142 Å². The molecule has 2 heterocycles. The second-order valence-electron chi connectivity index (χ2n) is 5.95. The maximum absolute atomic E-state index is 11.9.